The Kier molecular flexibility index (Phi) is 8.92. The highest BCUT2D eigenvalue weighted by molar-refractivity contribution is 6.07. The van der Waals surface area contributed by atoms with Gasteiger partial charge < -0.3 is 20.4 Å². The van der Waals surface area contributed by atoms with Crippen LogP contribution in [0, 0.1) is 0 Å². The lowest BCUT2D eigenvalue weighted by molar-refractivity contribution is -0.114. The summed E-state index contributed by atoms with van der Waals surface area (Å²) < 4.78 is 0. The summed E-state index contributed by atoms with van der Waals surface area (Å²) >= 11 is 0. The highest BCUT2D eigenvalue weighted by Crippen LogP contribution is 2.19. The largest absolute Gasteiger partial charge is 0.376 e. The van der Waals surface area contributed by atoms with Gasteiger partial charge in [-0.1, -0.05) is 37.1 Å². The van der Waals surface area contributed by atoms with Crippen molar-refractivity contribution in [1.82, 2.24) is 4.90 Å². The van der Waals surface area contributed by atoms with Gasteiger partial charge in [-0.15, -0.1) is 0 Å². The van der Waals surface area contributed by atoms with E-state index in [0.29, 0.717) is 23.4 Å². The molecule has 3 aromatic carbocycles. The highest BCUT2D eigenvalue weighted by atomic mass is 16.2. The van der Waals surface area contributed by atoms with Gasteiger partial charge in [0.2, 0.25) is 5.91 Å². The number of anilines is 3. The van der Waals surface area contributed by atoms with Crippen molar-refractivity contribution in [3.63, 3.8) is 0 Å². The summed E-state index contributed by atoms with van der Waals surface area (Å²) in [6.45, 7) is 4.15. The summed E-state index contributed by atoms with van der Waals surface area (Å²) in [5.41, 5.74) is 3.30. The second-order valence-corrected chi connectivity index (χ2v) is 9.15. The fraction of sp³-hybridized carbons (Fsp3) is 0.300. The first-order valence-electron chi connectivity index (χ1n) is 12.9. The maximum atomic E-state index is 13.1. The maximum absolute atomic E-state index is 13.1. The number of hydrogen-bond donors (Lipinski definition) is 2. The number of benzene rings is 3. The average molecular weight is 499 g/mol. The van der Waals surface area contributed by atoms with E-state index in [0.717, 1.165) is 37.3 Å². The predicted molar refractivity (Wildman–Crippen MR) is 148 cm³/mol. The van der Waals surface area contributed by atoms with Crippen LogP contribution in [-0.4, -0.2) is 48.8 Å². The van der Waals surface area contributed by atoms with E-state index < -0.39 is 0 Å². The van der Waals surface area contributed by atoms with Crippen molar-refractivity contribution in [2.24, 2.45) is 0 Å². The number of nitrogens with one attached hydrogen (secondary N) is 2. The molecule has 0 saturated carbocycles. The lowest BCUT2D eigenvalue weighted by Gasteiger charge is -2.21. The van der Waals surface area contributed by atoms with Crippen LogP contribution < -0.4 is 15.5 Å². The molecule has 0 unspecified atom stereocenters. The molecular formula is C30H34N4O3. The third-order valence-corrected chi connectivity index (χ3v) is 6.50. The molecule has 192 valence electrons. The molecule has 1 aliphatic rings. The minimum Gasteiger partial charge on any atom is -0.376 e. The van der Waals surface area contributed by atoms with Gasteiger partial charge in [-0.3, -0.25) is 14.4 Å². The van der Waals surface area contributed by atoms with E-state index in [4.69, 9.17) is 0 Å². The van der Waals surface area contributed by atoms with Crippen molar-refractivity contribution in [3.8, 4) is 0 Å². The fourth-order valence-corrected chi connectivity index (χ4v) is 4.51. The summed E-state index contributed by atoms with van der Waals surface area (Å²) in [5, 5.41) is 5.94. The van der Waals surface area contributed by atoms with Crippen LogP contribution in [0.2, 0.25) is 0 Å². The highest BCUT2D eigenvalue weighted by Gasteiger charge is 2.18. The molecule has 1 aliphatic heterocycles. The molecule has 0 bridgehead atoms. The molecule has 3 amide bonds. The monoisotopic (exact) mass is 498 g/mol. The van der Waals surface area contributed by atoms with Crippen molar-refractivity contribution in [3.05, 3.63) is 90.0 Å². The summed E-state index contributed by atoms with van der Waals surface area (Å²) in [5.74, 6) is -0.294. The van der Waals surface area contributed by atoms with Crippen molar-refractivity contribution in [2.75, 3.05) is 41.7 Å². The number of hydrogen-bond acceptors (Lipinski definition) is 4. The van der Waals surface area contributed by atoms with Gasteiger partial charge in [0.25, 0.3) is 11.8 Å². The number of amides is 3. The Morgan fingerprint density at radius 1 is 0.784 bits per heavy atom. The Labute approximate surface area is 218 Å². The van der Waals surface area contributed by atoms with E-state index in [1.54, 1.807) is 41.3 Å². The molecule has 2 N–H and O–H groups in total. The quantitative estimate of drug-likeness (QED) is 0.435. The number of carbonyl (C=O) groups is 3. The molecule has 1 heterocycles. The molecule has 37 heavy (non-hydrogen) atoms. The van der Waals surface area contributed by atoms with Crippen LogP contribution in [0.4, 0.5) is 17.1 Å². The van der Waals surface area contributed by atoms with Gasteiger partial charge in [0.1, 0.15) is 0 Å². The SMILES string of the molecule is CCN(C(=O)c1cccc(NC(=O)CNc2ccc(C(=O)N3CCCCCC3)cc2)c1)c1ccccc1. The minimum absolute atomic E-state index is 0.0582. The smallest absolute Gasteiger partial charge is 0.258 e. The van der Waals surface area contributed by atoms with Crippen molar-refractivity contribution in [2.45, 2.75) is 32.6 Å². The van der Waals surface area contributed by atoms with E-state index in [9.17, 15) is 14.4 Å². The molecule has 0 spiro atoms. The minimum atomic E-state index is -0.232. The zero-order chi connectivity index (χ0) is 26.0. The summed E-state index contributed by atoms with van der Waals surface area (Å²) in [6, 6.07) is 23.7. The molecular weight excluding hydrogens is 464 g/mol. The molecule has 7 nitrogen and oxygen atoms in total. The lowest BCUT2D eigenvalue weighted by atomic mass is 10.1. The van der Waals surface area contributed by atoms with Crippen molar-refractivity contribution < 1.29 is 14.4 Å². The predicted octanol–water partition coefficient (Wildman–Crippen LogP) is 5.42. The molecule has 0 aromatic heterocycles. The normalized spacial score (nSPS) is 13.4. The van der Waals surface area contributed by atoms with Gasteiger partial charge in [-0.2, -0.15) is 0 Å². The first kappa shape index (κ1) is 25.9. The molecule has 0 radical (unpaired) electrons. The van der Waals surface area contributed by atoms with E-state index >= 15 is 0 Å². The van der Waals surface area contributed by atoms with Gasteiger partial charge in [0.05, 0.1) is 6.54 Å². The summed E-state index contributed by atoms with van der Waals surface area (Å²) in [7, 11) is 0. The van der Waals surface area contributed by atoms with Crippen molar-refractivity contribution in [1.29, 1.82) is 0 Å². The Hall–Kier alpha value is -4.13. The van der Waals surface area contributed by atoms with Crippen LogP contribution in [0.3, 0.4) is 0 Å². The number of rotatable bonds is 8. The van der Waals surface area contributed by atoms with Crippen LogP contribution in [-0.2, 0) is 4.79 Å². The first-order valence-corrected chi connectivity index (χ1v) is 12.9. The number of nitrogens with zero attached hydrogens (tertiary/aromatic N) is 2. The van der Waals surface area contributed by atoms with E-state index in [1.165, 1.54) is 12.8 Å². The molecule has 0 atom stereocenters. The molecule has 1 fully saturated rings. The van der Waals surface area contributed by atoms with Crippen LogP contribution >= 0.6 is 0 Å². The molecule has 0 aliphatic carbocycles. The molecule has 7 heteroatoms. The zero-order valence-electron chi connectivity index (χ0n) is 21.3. The second-order valence-electron chi connectivity index (χ2n) is 9.15. The third kappa shape index (κ3) is 6.97. The lowest BCUT2D eigenvalue weighted by Crippen LogP contribution is -2.31. The maximum Gasteiger partial charge on any atom is 0.258 e. The number of para-hydroxylation sites is 1. The number of carbonyl (C=O) groups excluding carboxylic acids is 3. The van der Waals surface area contributed by atoms with Crippen LogP contribution in [0.1, 0.15) is 53.3 Å². The molecule has 1 saturated heterocycles. The Morgan fingerprint density at radius 2 is 1.49 bits per heavy atom. The van der Waals surface area contributed by atoms with Crippen molar-refractivity contribution >= 4 is 34.8 Å². The standard InChI is InChI=1S/C30H34N4O3/c1-2-34(27-13-6-5-7-14-27)30(37)24-11-10-12-26(21-24)32-28(35)22-31-25-17-15-23(16-18-25)29(36)33-19-8-3-4-9-20-33/h5-7,10-18,21,31H,2-4,8-9,19-20,22H2,1H3,(H,32,35). The Balaban J connectivity index is 1.31. The molecule has 3 aromatic rings. The van der Waals surface area contributed by atoms with Crippen LogP contribution in [0.15, 0.2) is 78.9 Å². The van der Waals surface area contributed by atoms with E-state index in [-0.39, 0.29) is 24.3 Å². The van der Waals surface area contributed by atoms with Gasteiger partial charge in [-0.25, -0.2) is 0 Å². The topological polar surface area (TPSA) is 81.8 Å². The first-order chi connectivity index (χ1) is 18.0. The Bertz CT molecular complexity index is 1200. The van der Waals surface area contributed by atoms with E-state index in [2.05, 4.69) is 10.6 Å². The van der Waals surface area contributed by atoms with E-state index in [1.807, 2.05) is 54.3 Å². The van der Waals surface area contributed by atoms with Gasteiger partial charge >= 0.3 is 0 Å². The molecule has 4 rings (SSSR count). The summed E-state index contributed by atoms with van der Waals surface area (Å²) in [4.78, 5) is 42.1. The second kappa shape index (κ2) is 12.7. The zero-order valence-corrected chi connectivity index (χ0v) is 21.3. The fourth-order valence-electron chi connectivity index (χ4n) is 4.51. The van der Waals surface area contributed by atoms with Crippen LogP contribution in [0.25, 0.3) is 0 Å². The van der Waals surface area contributed by atoms with Gasteiger partial charge in [0, 0.05) is 47.8 Å². The number of likely N-dealkylation sites (tertiary alicyclic amines) is 1. The average Bonchev–Trinajstić information content (AvgIpc) is 3.23. The van der Waals surface area contributed by atoms with Gasteiger partial charge in [0.15, 0.2) is 0 Å². The third-order valence-electron chi connectivity index (χ3n) is 6.50. The van der Waals surface area contributed by atoms with Gasteiger partial charge in [-0.05, 0) is 74.4 Å². The summed E-state index contributed by atoms with van der Waals surface area (Å²) in [6.07, 6.45) is 4.48. The Morgan fingerprint density at radius 3 is 2.16 bits per heavy atom. The van der Waals surface area contributed by atoms with Crippen LogP contribution in [0.5, 0.6) is 0 Å².